The van der Waals surface area contributed by atoms with E-state index in [0.29, 0.717) is 18.3 Å². The average molecular weight is 304 g/mol. The fourth-order valence-corrected chi connectivity index (χ4v) is 2.21. The number of hydrogen-bond donors (Lipinski definition) is 0. The first kappa shape index (κ1) is 13.3. The summed E-state index contributed by atoms with van der Waals surface area (Å²) in [6, 6.07) is 7.60. The van der Waals surface area contributed by atoms with Crippen molar-refractivity contribution in [3.8, 4) is 22.8 Å². The number of aromatic nitrogens is 8. The molecule has 0 aliphatic heterocycles. The van der Waals surface area contributed by atoms with Crippen LogP contribution in [0.4, 0.5) is 0 Å². The topological polar surface area (TPSA) is 87.2 Å². The molecule has 23 heavy (non-hydrogen) atoms. The van der Waals surface area contributed by atoms with Crippen molar-refractivity contribution in [2.75, 3.05) is 0 Å². The van der Waals surface area contributed by atoms with E-state index in [9.17, 15) is 0 Å². The molecule has 0 fully saturated rings. The molecule has 112 valence electrons. The minimum absolute atomic E-state index is 0.414. The van der Waals surface area contributed by atoms with Gasteiger partial charge in [-0.2, -0.15) is 5.10 Å². The lowest BCUT2D eigenvalue weighted by Gasteiger charge is -2.04. The molecule has 0 aliphatic carbocycles. The molecule has 0 aliphatic rings. The van der Waals surface area contributed by atoms with Crippen LogP contribution >= 0.6 is 0 Å². The second-order valence-electron chi connectivity index (χ2n) is 4.82. The van der Waals surface area contributed by atoms with Crippen molar-refractivity contribution in [2.45, 2.75) is 6.67 Å². The molecular formula is C15H12N8. The van der Waals surface area contributed by atoms with E-state index >= 15 is 0 Å². The smallest absolute Gasteiger partial charge is 0.183 e. The van der Waals surface area contributed by atoms with Crippen molar-refractivity contribution >= 4 is 0 Å². The van der Waals surface area contributed by atoms with Gasteiger partial charge in [0, 0.05) is 35.9 Å². The highest BCUT2D eigenvalue weighted by molar-refractivity contribution is 5.60. The minimum Gasteiger partial charge on any atom is -0.264 e. The Hall–Kier alpha value is -3.42. The van der Waals surface area contributed by atoms with E-state index in [4.69, 9.17) is 0 Å². The largest absolute Gasteiger partial charge is 0.264 e. The van der Waals surface area contributed by atoms with Gasteiger partial charge in [-0.05, 0) is 24.3 Å². The lowest BCUT2D eigenvalue weighted by molar-refractivity contribution is 0.506. The number of rotatable bonds is 4. The summed E-state index contributed by atoms with van der Waals surface area (Å²) < 4.78 is 3.45. The molecule has 8 nitrogen and oxygen atoms in total. The highest BCUT2D eigenvalue weighted by Gasteiger charge is 2.14. The molecule has 8 heteroatoms. The SMILES string of the molecule is c1cncc(-c2nc(-c3cccnc3)n(Cn3cncn3)n2)c1. The number of nitrogens with zero attached hydrogens (tertiary/aromatic N) is 8. The second-order valence-corrected chi connectivity index (χ2v) is 4.82. The van der Waals surface area contributed by atoms with Crippen LogP contribution in [0.1, 0.15) is 0 Å². The zero-order valence-corrected chi connectivity index (χ0v) is 12.1. The maximum absolute atomic E-state index is 4.64. The van der Waals surface area contributed by atoms with Crippen molar-refractivity contribution in [1.82, 2.24) is 39.5 Å². The lowest BCUT2D eigenvalue weighted by atomic mass is 10.2. The van der Waals surface area contributed by atoms with Gasteiger partial charge in [-0.15, -0.1) is 5.10 Å². The second kappa shape index (κ2) is 5.76. The van der Waals surface area contributed by atoms with Crippen LogP contribution < -0.4 is 0 Å². The Morgan fingerprint density at radius 3 is 2.35 bits per heavy atom. The molecule has 0 saturated heterocycles. The van der Waals surface area contributed by atoms with Crippen molar-refractivity contribution in [2.24, 2.45) is 0 Å². The van der Waals surface area contributed by atoms with Gasteiger partial charge < -0.3 is 0 Å². The van der Waals surface area contributed by atoms with Crippen LogP contribution in [0.2, 0.25) is 0 Å². The van der Waals surface area contributed by atoms with Gasteiger partial charge in [-0.25, -0.2) is 19.3 Å². The number of hydrogen-bond acceptors (Lipinski definition) is 6. The van der Waals surface area contributed by atoms with Crippen LogP contribution in [0.3, 0.4) is 0 Å². The van der Waals surface area contributed by atoms with E-state index in [2.05, 4.69) is 30.1 Å². The fraction of sp³-hybridized carbons (Fsp3) is 0.0667. The normalized spacial score (nSPS) is 10.8. The summed E-state index contributed by atoms with van der Waals surface area (Å²) in [5, 5.41) is 8.70. The highest BCUT2D eigenvalue weighted by Crippen LogP contribution is 2.21. The van der Waals surface area contributed by atoms with Crippen molar-refractivity contribution in [3.05, 3.63) is 61.7 Å². The Labute approximate surface area is 131 Å². The van der Waals surface area contributed by atoms with Crippen LogP contribution in [-0.2, 0) is 6.67 Å². The lowest BCUT2D eigenvalue weighted by Crippen LogP contribution is -2.11. The molecule has 4 rings (SSSR count). The van der Waals surface area contributed by atoms with Gasteiger partial charge in [0.2, 0.25) is 0 Å². The number of pyridine rings is 2. The van der Waals surface area contributed by atoms with E-state index in [1.54, 1.807) is 40.5 Å². The molecule has 4 heterocycles. The van der Waals surface area contributed by atoms with E-state index in [1.807, 2.05) is 24.3 Å². The summed E-state index contributed by atoms with van der Waals surface area (Å²) >= 11 is 0. The summed E-state index contributed by atoms with van der Waals surface area (Å²) in [5.74, 6) is 1.32. The quantitative estimate of drug-likeness (QED) is 0.568. The Balaban J connectivity index is 1.80. The molecular weight excluding hydrogens is 292 g/mol. The Morgan fingerprint density at radius 1 is 0.913 bits per heavy atom. The molecule has 0 spiro atoms. The predicted octanol–water partition coefficient (Wildman–Crippen LogP) is 1.50. The molecule has 4 aromatic rings. The minimum atomic E-state index is 0.414. The molecule has 0 atom stereocenters. The Bertz CT molecular complexity index is 884. The molecule has 0 N–H and O–H groups in total. The van der Waals surface area contributed by atoms with Gasteiger partial charge in [-0.1, -0.05) is 0 Å². The maximum Gasteiger partial charge on any atom is 0.183 e. The standard InChI is InChI=1S/C15H12N8/c1-3-12(7-16-5-1)14-20-15(13-4-2-6-17-8-13)23(21-14)11-22-10-18-9-19-22/h1-10H,11H2. The summed E-state index contributed by atoms with van der Waals surface area (Å²) in [5.41, 5.74) is 1.74. The van der Waals surface area contributed by atoms with Crippen molar-refractivity contribution in [1.29, 1.82) is 0 Å². The summed E-state index contributed by atoms with van der Waals surface area (Å²) in [4.78, 5) is 16.9. The average Bonchev–Trinajstić information content (AvgIpc) is 3.27. The van der Waals surface area contributed by atoms with Gasteiger partial charge in [0.1, 0.15) is 19.3 Å². The van der Waals surface area contributed by atoms with Crippen LogP contribution in [0.25, 0.3) is 22.8 Å². The first-order chi connectivity index (χ1) is 11.4. The van der Waals surface area contributed by atoms with E-state index in [0.717, 1.165) is 11.1 Å². The summed E-state index contributed by atoms with van der Waals surface area (Å²) in [6.07, 6.45) is 10.1. The van der Waals surface area contributed by atoms with E-state index in [1.165, 1.54) is 6.33 Å². The van der Waals surface area contributed by atoms with Gasteiger partial charge in [0.05, 0.1) is 0 Å². The first-order valence-electron chi connectivity index (χ1n) is 6.98. The maximum atomic E-state index is 4.64. The fourth-order valence-electron chi connectivity index (χ4n) is 2.21. The predicted molar refractivity (Wildman–Crippen MR) is 81.9 cm³/mol. The molecule has 0 aromatic carbocycles. The molecule has 0 amide bonds. The van der Waals surface area contributed by atoms with E-state index in [-0.39, 0.29) is 0 Å². The molecule has 0 bridgehead atoms. The van der Waals surface area contributed by atoms with Crippen molar-refractivity contribution in [3.63, 3.8) is 0 Å². The van der Waals surface area contributed by atoms with Crippen LogP contribution in [0.15, 0.2) is 61.7 Å². The highest BCUT2D eigenvalue weighted by atomic mass is 15.5. The third-order valence-corrected chi connectivity index (χ3v) is 3.26. The van der Waals surface area contributed by atoms with Gasteiger partial charge in [-0.3, -0.25) is 9.97 Å². The zero-order chi connectivity index (χ0) is 15.5. The zero-order valence-electron chi connectivity index (χ0n) is 12.1. The van der Waals surface area contributed by atoms with Crippen LogP contribution in [0.5, 0.6) is 0 Å². The van der Waals surface area contributed by atoms with Crippen molar-refractivity contribution < 1.29 is 0 Å². The molecule has 4 aromatic heterocycles. The van der Waals surface area contributed by atoms with Gasteiger partial charge >= 0.3 is 0 Å². The monoisotopic (exact) mass is 304 g/mol. The van der Waals surface area contributed by atoms with Gasteiger partial charge in [0.15, 0.2) is 11.6 Å². The molecule has 0 radical (unpaired) electrons. The first-order valence-corrected chi connectivity index (χ1v) is 6.98. The van der Waals surface area contributed by atoms with Crippen LogP contribution in [-0.4, -0.2) is 39.5 Å². The summed E-state index contributed by atoms with van der Waals surface area (Å²) in [7, 11) is 0. The summed E-state index contributed by atoms with van der Waals surface area (Å²) in [6.45, 7) is 0.414. The third-order valence-electron chi connectivity index (χ3n) is 3.26. The molecule has 0 unspecified atom stereocenters. The molecule has 0 saturated carbocycles. The third kappa shape index (κ3) is 2.69. The van der Waals surface area contributed by atoms with Crippen LogP contribution in [0, 0.1) is 0 Å². The Kier molecular flexibility index (Phi) is 3.32. The van der Waals surface area contributed by atoms with E-state index < -0.39 is 0 Å². The van der Waals surface area contributed by atoms with Gasteiger partial charge in [0.25, 0.3) is 0 Å². The Morgan fingerprint density at radius 2 is 1.70 bits per heavy atom.